The average molecular weight is 251 g/mol. The van der Waals surface area contributed by atoms with Crippen LogP contribution >= 0.6 is 0 Å². The normalized spacial score (nSPS) is 12.8. The lowest BCUT2D eigenvalue weighted by molar-refractivity contribution is 0.192. The molecule has 0 saturated carbocycles. The van der Waals surface area contributed by atoms with E-state index in [1.165, 1.54) is 6.33 Å². The maximum Gasteiger partial charge on any atom is 0.263 e. The second kappa shape index (κ2) is 5.74. The van der Waals surface area contributed by atoms with Crippen LogP contribution in [0.2, 0.25) is 0 Å². The van der Waals surface area contributed by atoms with Crippen molar-refractivity contribution in [3.63, 3.8) is 0 Å². The van der Waals surface area contributed by atoms with E-state index in [4.69, 9.17) is 9.63 Å². The number of aliphatic hydroxyl groups excluding tert-OH is 1. The Hall–Kier alpha value is -1.73. The van der Waals surface area contributed by atoms with Gasteiger partial charge >= 0.3 is 0 Å². The third kappa shape index (κ3) is 2.93. The van der Waals surface area contributed by atoms with Gasteiger partial charge in [-0.25, -0.2) is 4.98 Å². The van der Waals surface area contributed by atoms with Crippen LogP contribution in [-0.4, -0.2) is 46.0 Å². The number of rotatable bonds is 6. The molecule has 18 heavy (non-hydrogen) atoms. The molecule has 0 aromatic carbocycles. The van der Waals surface area contributed by atoms with Crippen LogP contribution in [0.5, 0.6) is 0 Å². The van der Waals surface area contributed by atoms with Gasteiger partial charge in [-0.1, -0.05) is 5.16 Å². The molecule has 2 heterocycles. The van der Waals surface area contributed by atoms with Crippen LogP contribution in [0.3, 0.4) is 0 Å². The number of nitrogens with one attached hydrogen (secondary N) is 2. The average Bonchev–Trinajstić information content (AvgIpc) is 2.71. The molecule has 1 unspecified atom stereocenters. The van der Waals surface area contributed by atoms with Crippen molar-refractivity contribution in [3.8, 4) is 0 Å². The van der Waals surface area contributed by atoms with Crippen molar-refractivity contribution in [2.45, 2.75) is 20.0 Å². The van der Waals surface area contributed by atoms with Gasteiger partial charge in [0.05, 0.1) is 11.8 Å². The third-order valence-corrected chi connectivity index (χ3v) is 2.48. The van der Waals surface area contributed by atoms with Gasteiger partial charge in [0.2, 0.25) is 0 Å². The lowest BCUT2D eigenvalue weighted by Gasteiger charge is -2.08. The lowest BCUT2D eigenvalue weighted by Crippen LogP contribution is -2.29. The molecule has 0 bridgehead atoms. The van der Waals surface area contributed by atoms with Gasteiger partial charge in [-0.3, -0.25) is 0 Å². The van der Waals surface area contributed by atoms with Gasteiger partial charge in [-0.05, 0) is 13.8 Å². The minimum absolute atomic E-state index is 0.337. The van der Waals surface area contributed by atoms with Crippen LogP contribution in [0.1, 0.15) is 12.6 Å². The first-order valence-corrected chi connectivity index (χ1v) is 5.88. The van der Waals surface area contributed by atoms with E-state index in [9.17, 15) is 0 Å². The summed E-state index contributed by atoms with van der Waals surface area (Å²) in [6.07, 6.45) is 1.11. The van der Waals surface area contributed by atoms with Gasteiger partial charge in [0, 0.05) is 19.6 Å². The van der Waals surface area contributed by atoms with Crippen molar-refractivity contribution in [1.29, 1.82) is 0 Å². The van der Waals surface area contributed by atoms with E-state index in [1.54, 1.807) is 6.92 Å². The van der Waals surface area contributed by atoms with Crippen molar-refractivity contribution in [3.05, 3.63) is 12.0 Å². The fraction of sp³-hybridized carbons (Fsp3) is 0.545. The van der Waals surface area contributed by atoms with Crippen LogP contribution in [0.25, 0.3) is 11.1 Å². The molecule has 0 amide bonds. The van der Waals surface area contributed by atoms with E-state index >= 15 is 0 Å². The number of hydrogen-bond acceptors (Lipinski definition) is 7. The highest BCUT2D eigenvalue weighted by Crippen LogP contribution is 2.21. The maximum absolute atomic E-state index is 9.09. The number of nitrogens with zero attached hydrogens (tertiary/aromatic N) is 3. The highest BCUT2D eigenvalue weighted by atomic mass is 16.5. The van der Waals surface area contributed by atoms with E-state index in [1.807, 2.05) is 6.92 Å². The Balaban J connectivity index is 1.93. The number of aromatic nitrogens is 3. The molecule has 0 radical (unpaired) electrons. The third-order valence-electron chi connectivity index (χ3n) is 2.48. The standard InChI is InChI=1S/C11H17N5O2/c1-7(17)5-12-3-4-13-10-9-8(2)16-18-11(9)15-6-14-10/h6-7,12,17H,3-5H2,1-2H3,(H,13,14,15). The quantitative estimate of drug-likeness (QED) is 0.636. The molecule has 2 rings (SSSR count). The number of hydrogen-bond donors (Lipinski definition) is 3. The van der Waals surface area contributed by atoms with Crippen LogP contribution < -0.4 is 10.6 Å². The number of fused-ring (bicyclic) bond motifs is 1. The van der Waals surface area contributed by atoms with Crippen molar-refractivity contribution in [2.75, 3.05) is 25.0 Å². The summed E-state index contributed by atoms with van der Waals surface area (Å²) in [4.78, 5) is 8.17. The molecule has 0 aliphatic rings. The molecule has 0 aliphatic carbocycles. The second-order valence-corrected chi connectivity index (χ2v) is 4.15. The Morgan fingerprint density at radius 2 is 2.22 bits per heavy atom. The molecule has 2 aromatic heterocycles. The lowest BCUT2D eigenvalue weighted by atomic mass is 10.3. The molecule has 7 nitrogen and oxygen atoms in total. The minimum Gasteiger partial charge on any atom is -0.392 e. The van der Waals surface area contributed by atoms with Crippen LogP contribution in [0.15, 0.2) is 10.9 Å². The Labute approximate surface area is 105 Å². The summed E-state index contributed by atoms with van der Waals surface area (Å²) in [5.74, 6) is 0.720. The monoisotopic (exact) mass is 251 g/mol. The molecular weight excluding hydrogens is 234 g/mol. The summed E-state index contributed by atoms with van der Waals surface area (Å²) in [6, 6.07) is 0. The van der Waals surface area contributed by atoms with E-state index < -0.39 is 0 Å². The Morgan fingerprint density at radius 1 is 1.39 bits per heavy atom. The van der Waals surface area contributed by atoms with Crippen LogP contribution in [0, 0.1) is 6.92 Å². The van der Waals surface area contributed by atoms with E-state index in [2.05, 4.69) is 25.8 Å². The SMILES string of the molecule is Cc1noc2ncnc(NCCNCC(C)O)c12. The maximum atomic E-state index is 9.09. The molecule has 1 atom stereocenters. The number of anilines is 1. The number of aryl methyl sites for hydroxylation is 1. The van der Waals surface area contributed by atoms with Crippen LogP contribution in [-0.2, 0) is 0 Å². The summed E-state index contributed by atoms with van der Waals surface area (Å²) in [7, 11) is 0. The zero-order chi connectivity index (χ0) is 13.0. The summed E-state index contributed by atoms with van der Waals surface area (Å²) in [5, 5.41) is 20.1. The topological polar surface area (TPSA) is 96.1 Å². The second-order valence-electron chi connectivity index (χ2n) is 4.15. The molecule has 0 spiro atoms. The first-order chi connectivity index (χ1) is 8.68. The molecule has 0 saturated heterocycles. The smallest absolute Gasteiger partial charge is 0.263 e. The number of aliphatic hydroxyl groups is 1. The summed E-state index contributed by atoms with van der Waals surface area (Å²) >= 11 is 0. The van der Waals surface area contributed by atoms with Crippen LogP contribution in [0.4, 0.5) is 5.82 Å². The molecule has 0 aliphatic heterocycles. The fourth-order valence-corrected chi connectivity index (χ4v) is 1.64. The Bertz CT molecular complexity index is 511. The van der Waals surface area contributed by atoms with Gasteiger partial charge in [0.1, 0.15) is 17.5 Å². The molecule has 7 heteroatoms. The van der Waals surface area contributed by atoms with E-state index in [-0.39, 0.29) is 6.10 Å². The van der Waals surface area contributed by atoms with Crippen molar-refractivity contribution in [1.82, 2.24) is 20.4 Å². The summed E-state index contributed by atoms with van der Waals surface area (Å²) in [5.41, 5.74) is 1.26. The molecule has 2 aromatic rings. The zero-order valence-corrected chi connectivity index (χ0v) is 10.5. The van der Waals surface area contributed by atoms with Gasteiger partial charge in [0.15, 0.2) is 0 Å². The van der Waals surface area contributed by atoms with Gasteiger partial charge in [-0.15, -0.1) is 0 Å². The van der Waals surface area contributed by atoms with Gasteiger partial charge < -0.3 is 20.3 Å². The van der Waals surface area contributed by atoms with Gasteiger partial charge in [-0.2, -0.15) is 4.98 Å². The molecule has 3 N–H and O–H groups in total. The molecule has 0 fully saturated rings. The Kier molecular flexibility index (Phi) is 4.06. The highest BCUT2D eigenvalue weighted by Gasteiger charge is 2.10. The first kappa shape index (κ1) is 12.7. The van der Waals surface area contributed by atoms with Crippen molar-refractivity contribution in [2.24, 2.45) is 0 Å². The minimum atomic E-state index is -0.337. The van der Waals surface area contributed by atoms with Crippen molar-refractivity contribution >= 4 is 16.9 Å². The highest BCUT2D eigenvalue weighted by molar-refractivity contribution is 5.87. The molecular formula is C11H17N5O2. The fourth-order valence-electron chi connectivity index (χ4n) is 1.64. The summed E-state index contributed by atoms with van der Waals surface area (Å²) in [6.45, 7) is 5.61. The van der Waals surface area contributed by atoms with Gasteiger partial charge in [0.25, 0.3) is 5.71 Å². The predicted octanol–water partition coefficient (Wildman–Crippen LogP) is 0.309. The summed E-state index contributed by atoms with van der Waals surface area (Å²) < 4.78 is 5.06. The Morgan fingerprint density at radius 3 is 3.00 bits per heavy atom. The zero-order valence-electron chi connectivity index (χ0n) is 10.5. The predicted molar refractivity (Wildman–Crippen MR) is 67.4 cm³/mol. The molecule has 98 valence electrons. The first-order valence-electron chi connectivity index (χ1n) is 5.88. The van der Waals surface area contributed by atoms with E-state index in [0.717, 1.165) is 23.4 Å². The van der Waals surface area contributed by atoms with E-state index in [0.29, 0.717) is 18.8 Å². The van der Waals surface area contributed by atoms with Crippen molar-refractivity contribution < 1.29 is 9.63 Å². The largest absolute Gasteiger partial charge is 0.392 e.